The van der Waals surface area contributed by atoms with Gasteiger partial charge in [0.05, 0.1) is 10.5 Å². The molecule has 1 saturated heterocycles. The lowest BCUT2D eigenvalue weighted by atomic mass is 9.84. The number of hydrogen-bond acceptors (Lipinski definition) is 5. The molecule has 7 rings (SSSR count). The van der Waals surface area contributed by atoms with Gasteiger partial charge in [0.25, 0.3) is 5.56 Å². The van der Waals surface area contributed by atoms with Crippen molar-refractivity contribution < 1.29 is 8.42 Å². The molecule has 2 bridgehead atoms. The maximum absolute atomic E-state index is 14.1. The van der Waals surface area contributed by atoms with Crippen LogP contribution in [0.2, 0.25) is 0 Å². The Bertz CT molecular complexity index is 1890. The summed E-state index contributed by atoms with van der Waals surface area (Å²) in [5.41, 5.74) is 2.67. The van der Waals surface area contributed by atoms with Gasteiger partial charge in [0.2, 0.25) is 10.0 Å². The lowest BCUT2D eigenvalue weighted by Crippen LogP contribution is -2.49. The number of thiophene rings is 1. The Morgan fingerprint density at radius 2 is 1.67 bits per heavy atom. The maximum atomic E-state index is 14.1. The molecule has 2 aliphatic heterocycles. The molecule has 0 saturated carbocycles. The van der Waals surface area contributed by atoms with Crippen molar-refractivity contribution in [2.45, 2.75) is 23.8 Å². The number of benzene rings is 3. The first-order valence-corrected chi connectivity index (χ1v) is 15.5. The molecule has 0 unspecified atom stereocenters. The normalized spacial score (nSPS) is 19.3. The number of nitrogens with zero attached hydrogens (tertiary/aromatic N) is 3. The molecule has 0 amide bonds. The second-order valence-electron chi connectivity index (χ2n) is 10.9. The summed E-state index contributed by atoms with van der Waals surface area (Å²) in [7, 11) is 0.209. The Morgan fingerprint density at radius 3 is 2.49 bits per heavy atom. The Balaban J connectivity index is 1.25. The SMILES string of the molecule is CN(C)c1cccc2c(S(=O)(=O)N3C[C@@H]4C[C@H](C3)c3ccc(-c5cc6ccccc6s5)c(=O)n3C4)cccc12. The summed E-state index contributed by atoms with van der Waals surface area (Å²) in [5, 5.41) is 2.80. The Kier molecular flexibility index (Phi) is 5.70. The number of sulfonamides is 1. The van der Waals surface area contributed by atoms with Crippen molar-refractivity contribution in [3.05, 3.63) is 94.9 Å². The summed E-state index contributed by atoms with van der Waals surface area (Å²) in [6.45, 7) is 1.33. The molecule has 5 aromatic rings. The molecule has 39 heavy (non-hydrogen) atoms. The van der Waals surface area contributed by atoms with Gasteiger partial charge >= 0.3 is 0 Å². The molecule has 0 aliphatic carbocycles. The van der Waals surface area contributed by atoms with Crippen LogP contribution in [0.3, 0.4) is 0 Å². The summed E-state index contributed by atoms with van der Waals surface area (Å²) in [6.07, 6.45) is 0.897. The first-order chi connectivity index (χ1) is 18.8. The van der Waals surface area contributed by atoms with Gasteiger partial charge in [-0.2, -0.15) is 4.31 Å². The van der Waals surface area contributed by atoms with Crippen molar-refractivity contribution in [3.8, 4) is 10.4 Å². The molecule has 3 aromatic carbocycles. The maximum Gasteiger partial charge on any atom is 0.259 e. The zero-order valence-electron chi connectivity index (χ0n) is 21.9. The molecule has 1 fully saturated rings. The smallest absolute Gasteiger partial charge is 0.259 e. The van der Waals surface area contributed by atoms with E-state index in [0.717, 1.165) is 44.4 Å². The second-order valence-corrected chi connectivity index (χ2v) is 13.9. The van der Waals surface area contributed by atoms with Crippen LogP contribution in [-0.2, 0) is 16.6 Å². The molecule has 2 atom stereocenters. The molecule has 8 heteroatoms. The number of piperidine rings is 1. The molecule has 4 heterocycles. The number of anilines is 1. The van der Waals surface area contributed by atoms with Crippen LogP contribution in [0.1, 0.15) is 18.0 Å². The summed E-state index contributed by atoms with van der Waals surface area (Å²) >= 11 is 1.64. The van der Waals surface area contributed by atoms with Crippen LogP contribution in [0.15, 0.2) is 88.6 Å². The van der Waals surface area contributed by atoms with Gasteiger partial charge in [0.15, 0.2) is 0 Å². The molecule has 2 aromatic heterocycles. The number of aromatic nitrogens is 1. The van der Waals surface area contributed by atoms with Crippen molar-refractivity contribution in [2.24, 2.45) is 5.92 Å². The highest BCUT2D eigenvalue weighted by Crippen LogP contribution is 2.40. The van der Waals surface area contributed by atoms with Gasteiger partial charge in [-0.1, -0.05) is 42.5 Å². The van der Waals surface area contributed by atoms with Crippen LogP contribution >= 0.6 is 11.3 Å². The highest BCUT2D eigenvalue weighted by atomic mass is 32.2. The van der Waals surface area contributed by atoms with Crippen LogP contribution in [0.25, 0.3) is 31.3 Å². The van der Waals surface area contributed by atoms with Crippen LogP contribution in [-0.4, -0.2) is 44.5 Å². The Morgan fingerprint density at radius 1 is 0.872 bits per heavy atom. The number of pyridine rings is 1. The van der Waals surface area contributed by atoms with E-state index in [1.165, 1.54) is 4.70 Å². The third kappa shape index (κ3) is 3.92. The fraction of sp³-hybridized carbons (Fsp3) is 0.258. The van der Waals surface area contributed by atoms with Crippen molar-refractivity contribution in [2.75, 3.05) is 32.1 Å². The Labute approximate surface area is 231 Å². The van der Waals surface area contributed by atoms with E-state index >= 15 is 0 Å². The van der Waals surface area contributed by atoms with Gasteiger partial charge in [-0.15, -0.1) is 11.3 Å². The highest BCUT2D eigenvalue weighted by molar-refractivity contribution is 7.89. The lowest BCUT2D eigenvalue weighted by Gasteiger charge is -2.42. The molecule has 198 valence electrons. The van der Waals surface area contributed by atoms with Crippen LogP contribution in [0.4, 0.5) is 5.69 Å². The number of hydrogen-bond donors (Lipinski definition) is 0. The van der Waals surface area contributed by atoms with Crippen molar-refractivity contribution >= 4 is 47.9 Å². The largest absolute Gasteiger partial charge is 0.377 e. The van der Waals surface area contributed by atoms with Gasteiger partial charge in [-0.05, 0) is 54.1 Å². The van der Waals surface area contributed by atoms with E-state index < -0.39 is 10.0 Å². The van der Waals surface area contributed by atoms with Crippen LogP contribution in [0.5, 0.6) is 0 Å². The summed E-state index contributed by atoms with van der Waals surface area (Å²) < 4.78 is 32.8. The average Bonchev–Trinajstić information content (AvgIpc) is 3.37. The minimum atomic E-state index is -3.72. The van der Waals surface area contributed by atoms with Crippen molar-refractivity contribution in [1.29, 1.82) is 0 Å². The first kappa shape index (κ1) is 24.6. The van der Waals surface area contributed by atoms with E-state index in [-0.39, 0.29) is 17.4 Å². The van der Waals surface area contributed by atoms with Gasteiger partial charge in [-0.3, -0.25) is 4.79 Å². The lowest BCUT2D eigenvalue weighted by molar-refractivity contribution is 0.186. The van der Waals surface area contributed by atoms with Crippen molar-refractivity contribution in [3.63, 3.8) is 0 Å². The van der Waals surface area contributed by atoms with E-state index in [4.69, 9.17) is 0 Å². The van der Waals surface area contributed by atoms with E-state index in [1.807, 2.05) is 78.2 Å². The third-order valence-electron chi connectivity index (χ3n) is 8.22. The second kappa shape index (κ2) is 9.05. The molecule has 6 nitrogen and oxygen atoms in total. The van der Waals surface area contributed by atoms with E-state index in [0.29, 0.717) is 24.5 Å². The fourth-order valence-corrected chi connectivity index (χ4v) is 9.27. The molecule has 0 spiro atoms. The van der Waals surface area contributed by atoms with Gasteiger partial charge < -0.3 is 9.47 Å². The third-order valence-corrected chi connectivity index (χ3v) is 11.3. The standard InChI is InChI=1S/C31H29N3O3S2/c1-32(2)27-10-5-9-24-23(27)8-6-12-30(24)39(36,37)33-17-20-15-22(19-33)26-14-13-25(31(35)34(26)18-20)29-16-21-7-3-4-11-28(21)38-29/h3-14,16,20,22H,15,17-19H2,1-2H3/t20-,22+/m0/s1. The first-order valence-electron chi connectivity index (χ1n) is 13.2. The van der Waals surface area contributed by atoms with Gasteiger partial charge in [-0.25, -0.2) is 8.42 Å². The minimum Gasteiger partial charge on any atom is -0.377 e. The highest BCUT2D eigenvalue weighted by Gasteiger charge is 2.40. The predicted octanol–water partition coefficient (Wildman–Crippen LogP) is 5.76. The van der Waals surface area contributed by atoms with E-state index in [1.54, 1.807) is 21.7 Å². The zero-order valence-corrected chi connectivity index (χ0v) is 23.5. The molecular formula is C31H29N3O3S2. The number of fused-ring (bicyclic) bond motifs is 6. The topological polar surface area (TPSA) is 62.6 Å². The summed E-state index contributed by atoms with van der Waals surface area (Å²) in [4.78, 5) is 17.0. The zero-order chi connectivity index (χ0) is 26.9. The quantitative estimate of drug-likeness (QED) is 0.283. The number of rotatable bonds is 4. The predicted molar refractivity (Wildman–Crippen MR) is 159 cm³/mol. The summed E-state index contributed by atoms with van der Waals surface area (Å²) in [5.74, 6) is 0.0810. The van der Waals surface area contributed by atoms with E-state index in [9.17, 15) is 13.2 Å². The monoisotopic (exact) mass is 555 g/mol. The van der Waals surface area contributed by atoms with Crippen LogP contribution < -0.4 is 10.5 Å². The minimum absolute atomic E-state index is 0.0104. The summed E-state index contributed by atoms with van der Waals surface area (Å²) in [6, 6.07) is 25.6. The van der Waals surface area contributed by atoms with E-state index in [2.05, 4.69) is 18.2 Å². The van der Waals surface area contributed by atoms with Gasteiger partial charge in [0.1, 0.15) is 0 Å². The molecule has 0 radical (unpaired) electrons. The fourth-order valence-electron chi connectivity index (χ4n) is 6.42. The van der Waals surface area contributed by atoms with Crippen LogP contribution in [0, 0.1) is 5.92 Å². The average molecular weight is 556 g/mol. The molecule has 0 N–H and O–H groups in total. The van der Waals surface area contributed by atoms with Gasteiger partial charge in [0, 0.05) is 71.4 Å². The molecule has 2 aliphatic rings. The van der Waals surface area contributed by atoms with Crippen molar-refractivity contribution in [1.82, 2.24) is 8.87 Å². The Hall–Kier alpha value is -3.46. The molecular weight excluding hydrogens is 526 g/mol.